The smallest absolute Gasteiger partial charge is 0.131 e. The molecule has 22 heavy (non-hydrogen) atoms. The number of anilines is 1. The molecule has 4 rings (SSSR count). The van der Waals surface area contributed by atoms with Crippen molar-refractivity contribution in [2.45, 2.75) is 26.7 Å². The van der Waals surface area contributed by atoms with Gasteiger partial charge < -0.3 is 4.90 Å². The molecule has 1 nitrogen and oxygen atoms in total. The average Bonchev–Trinajstić information content (AvgIpc) is 2.83. The van der Waals surface area contributed by atoms with E-state index in [1.54, 1.807) is 0 Å². The zero-order chi connectivity index (χ0) is 15.6. The first-order valence-corrected chi connectivity index (χ1v) is 7.70. The summed E-state index contributed by atoms with van der Waals surface area (Å²) >= 11 is 0. The van der Waals surface area contributed by atoms with Crippen molar-refractivity contribution in [3.63, 3.8) is 0 Å². The van der Waals surface area contributed by atoms with Crippen LogP contribution in [0.3, 0.4) is 0 Å². The van der Waals surface area contributed by atoms with E-state index in [0.29, 0.717) is 17.5 Å². The minimum Gasteiger partial charge on any atom is -0.374 e. The highest BCUT2D eigenvalue weighted by atomic mass is 19.1. The quantitative estimate of drug-likeness (QED) is 0.588. The molecular formula is C19H19F2N. The Balaban J connectivity index is 1.96. The van der Waals surface area contributed by atoms with Crippen LogP contribution in [0.15, 0.2) is 24.3 Å². The molecule has 0 saturated heterocycles. The highest BCUT2D eigenvalue weighted by molar-refractivity contribution is 5.82. The van der Waals surface area contributed by atoms with Crippen LogP contribution >= 0.6 is 0 Å². The second-order valence-electron chi connectivity index (χ2n) is 7.35. The van der Waals surface area contributed by atoms with E-state index in [1.807, 2.05) is 6.07 Å². The fraction of sp³-hybridized carbons (Fsp3) is 0.368. The van der Waals surface area contributed by atoms with Gasteiger partial charge in [0.1, 0.15) is 11.6 Å². The molecule has 0 N–H and O–H groups in total. The molecule has 0 spiro atoms. The fourth-order valence-corrected chi connectivity index (χ4v) is 4.17. The molecule has 114 valence electrons. The van der Waals surface area contributed by atoms with E-state index in [1.165, 1.54) is 23.4 Å². The molecule has 2 aliphatic rings. The Morgan fingerprint density at radius 2 is 1.68 bits per heavy atom. The lowest BCUT2D eigenvalue weighted by atomic mass is 9.79. The Morgan fingerprint density at radius 1 is 0.955 bits per heavy atom. The maximum atomic E-state index is 14.2. The van der Waals surface area contributed by atoms with Crippen molar-refractivity contribution in [3.8, 4) is 11.1 Å². The molecular weight excluding hydrogens is 280 g/mol. The van der Waals surface area contributed by atoms with Gasteiger partial charge in [-0.1, -0.05) is 19.9 Å². The van der Waals surface area contributed by atoms with Crippen LogP contribution in [-0.2, 0) is 12.8 Å². The number of benzene rings is 2. The molecule has 0 saturated carbocycles. The summed E-state index contributed by atoms with van der Waals surface area (Å²) in [5.74, 6) is -0.622. The van der Waals surface area contributed by atoms with Crippen LogP contribution < -0.4 is 4.90 Å². The number of rotatable bonds is 0. The lowest BCUT2D eigenvalue weighted by molar-refractivity contribution is 0.355. The van der Waals surface area contributed by atoms with Gasteiger partial charge in [0.05, 0.1) is 0 Å². The zero-order valence-corrected chi connectivity index (χ0v) is 13.1. The van der Waals surface area contributed by atoms with Gasteiger partial charge in [0, 0.05) is 36.8 Å². The molecule has 2 aromatic rings. The van der Waals surface area contributed by atoms with Crippen LogP contribution in [0.1, 0.15) is 30.5 Å². The van der Waals surface area contributed by atoms with Crippen molar-refractivity contribution >= 4 is 5.69 Å². The number of halogens is 2. The third kappa shape index (κ3) is 1.81. The summed E-state index contributed by atoms with van der Waals surface area (Å²) in [6.07, 6.45) is 1.45. The summed E-state index contributed by atoms with van der Waals surface area (Å²) in [5, 5.41) is 0. The first-order chi connectivity index (χ1) is 10.4. The van der Waals surface area contributed by atoms with Crippen LogP contribution in [0.5, 0.6) is 0 Å². The number of nitrogens with zero attached hydrogens (tertiary/aromatic N) is 1. The van der Waals surface area contributed by atoms with Crippen molar-refractivity contribution < 1.29 is 8.78 Å². The van der Waals surface area contributed by atoms with E-state index in [4.69, 9.17) is 0 Å². The van der Waals surface area contributed by atoms with Crippen molar-refractivity contribution in [1.82, 2.24) is 0 Å². The Hall–Kier alpha value is -1.90. The second-order valence-corrected chi connectivity index (χ2v) is 7.35. The Bertz CT molecular complexity index is 793. The van der Waals surface area contributed by atoms with Crippen LogP contribution in [0.2, 0.25) is 0 Å². The predicted octanol–water partition coefficient (Wildman–Crippen LogP) is 4.55. The molecule has 2 aromatic carbocycles. The van der Waals surface area contributed by atoms with Crippen LogP contribution in [0, 0.1) is 17.0 Å². The highest BCUT2D eigenvalue weighted by Gasteiger charge is 2.34. The van der Waals surface area contributed by atoms with Gasteiger partial charge in [-0.15, -0.1) is 0 Å². The molecule has 0 aromatic heterocycles. The molecule has 0 radical (unpaired) electrons. The van der Waals surface area contributed by atoms with Gasteiger partial charge >= 0.3 is 0 Å². The Morgan fingerprint density at radius 3 is 2.45 bits per heavy atom. The maximum absolute atomic E-state index is 14.2. The second kappa shape index (κ2) is 4.31. The van der Waals surface area contributed by atoms with E-state index in [9.17, 15) is 8.78 Å². The summed E-state index contributed by atoms with van der Waals surface area (Å²) in [6, 6.07) is 6.49. The largest absolute Gasteiger partial charge is 0.374 e. The van der Waals surface area contributed by atoms with Crippen LogP contribution in [0.25, 0.3) is 11.1 Å². The highest BCUT2D eigenvalue weighted by Crippen LogP contribution is 2.47. The van der Waals surface area contributed by atoms with Gasteiger partial charge in [0.25, 0.3) is 0 Å². The first kappa shape index (κ1) is 13.7. The van der Waals surface area contributed by atoms with Crippen molar-refractivity contribution in [2.75, 3.05) is 18.5 Å². The molecule has 0 amide bonds. The van der Waals surface area contributed by atoms with Crippen molar-refractivity contribution in [1.29, 1.82) is 0 Å². The van der Waals surface area contributed by atoms with Crippen molar-refractivity contribution in [2.24, 2.45) is 5.41 Å². The number of fused-ring (bicyclic) bond motifs is 5. The van der Waals surface area contributed by atoms with Gasteiger partial charge in [-0.2, -0.15) is 0 Å². The van der Waals surface area contributed by atoms with E-state index in [-0.39, 0.29) is 17.0 Å². The Labute approximate surface area is 129 Å². The summed E-state index contributed by atoms with van der Waals surface area (Å²) in [5.41, 5.74) is 5.58. The SMILES string of the molecule is CN1CC(C)(C)Cc2c1ccc1c2Cc2c(F)ccc(F)c2-1. The van der Waals surface area contributed by atoms with Crippen molar-refractivity contribution in [3.05, 3.63) is 52.6 Å². The van der Waals surface area contributed by atoms with Crippen LogP contribution in [0.4, 0.5) is 14.5 Å². The molecule has 0 atom stereocenters. The first-order valence-electron chi connectivity index (χ1n) is 7.70. The predicted molar refractivity (Wildman–Crippen MR) is 85.4 cm³/mol. The van der Waals surface area contributed by atoms with E-state index in [0.717, 1.165) is 24.1 Å². The summed E-state index contributed by atoms with van der Waals surface area (Å²) < 4.78 is 28.4. The standard InChI is InChI=1S/C19H19F2N/c1-19(2)9-14-12-8-13-15(20)5-6-16(21)18(13)11(12)4-7-17(14)22(3)10-19/h4-7H,8-10H2,1-3H3. The normalized spacial score (nSPS) is 18.0. The maximum Gasteiger partial charge on any atom is 0.131 e. The molecule has 1 aliphatic carbocycles. The monoisotopic (exact) mass is 299 g/mol. The lowest BCUT2D eigenvalue weighted by Crippen LogP contribution is -2.38. The Kier molecular flexibility index (Phi) is 2.69. The number of hydrogen-bond donors (Lipinski definition) is 0. The van der Waals surface area contributed by atoms with Gasteiger partial charge in [-0.25, -0.2) is 8.78 Å². The third-order valence-corrected chi connectivity index (χ3v) is 4.97. The summed E-state index contributed by atoms with van der Waals surface area (Å²) in [6.45, 7) is 5.48. The van der Waals surface area contributed by atoms with Gasteiger partial charge in [-0.05, 0) is 46.7 Å². The van der Waals surface area contributed by atoms with Gasteiger partial charge in [0.15, 0.2) is 0 Å². The summed E-state index contributed by atoms with van der Waals surface area (Å²) in [7, 11) is 2.09. The fourth-order valence-electron chi connectivity index (χ4n) is 4.17. The van der Waals surface area contributed by atoms with E-state index >= 15 is 0 Å². The minimum absolute atomic E-state index is 0.169. The minimum atomic E-state index is -0.321. The molecule has 3 heteroatoms. The lowest BCUT2D eigenvalue weighted by Gasteiger charge is -2.39. The molecule has 0 fully saturated rings. The van der Waals surface area contributed by atoms with Gasteiger partial charge in [-0.3, -0.25) is 0 Å². The average molecular weight is 299 g/mol. The van der Waals surface area contributed by atoms with Crippen LogP contribution in [-0.4, -0.2) is 13.6 Å². The number of hydrogen-bond acceptors (Lipinski definition) is 1. The molecule has 0 bridgehead atoms. The third-order valence-electron chi connectivity index (χ3n) is 4.97. The zero-order valence-electron chi connectivity index (χ0n) is 13.1. The molecule has 1 heterocycles. The molecule has 0 unspecified atom stereocenters. The topological polar surface area (TPSA) is 3.24 Å². The van der Waals surface area contributed by atoms with Gasteiger partial charge in [0.2, 0.25) is 0 Å². The summed E-state index contributed by atoms with van der Waals surface area (Å²) in [4.78, 5) is 2.26. The van der Waals surface area contributed by atoms with E-state index in [2.05, 4.69) is 31.9 Å². The van der Waals surface area contributed by atoms with E-state index < -0.39 is 0 Å². The molecule has 1 aliphatic heterocycles.